The molecule has 0 fully saturated rings. The number of carboxylic acid groups (broad SMARTS) is 1. The van der Waals surface area contributed by atoms with Crippen molar-refractivity contribution in [3.63, 3.8) is 0 Å². The van der Waals surface area contributed by atoms with Crippen LogP contribution in [0.2, 0.25) is 0 Å². The lowest BCUT2D eigenvalue weighted by molar-refractivity contribution is -0.137. The average Bonchev–Trinajstić information content (AvgIpc) is 1.96. The summed E-state index contributed by atoms with van der Waals surface area (Å²) in [7, 11) is 0. The molecule has 2 nitrogen and oxygen atoms in total. The number of unbranched alkanes of at least 4 members (excludes halogenated alkanes) is 2. The lowest BCUT2D eigenvalue weighted by Crippen LogP contribution is -1.92. The van der Waals surface area contributed by atoms with Gasteiger partial charge in [0.1, 0.15) is 0 Å². The minimum absolute atomic E-state index is 0.306. The molecule has 11 heavy (non-hydrogen) atoms. The Morgan fingerprint density at radius 1 is 1.36 bits per heavy atom. The fourth-order valence-corrected chi connectivity index (χ4v) is 0.823. The zero-order valence-corrected chi connectivity index (χ0v) is 7.05. The van der Waals surface area contributed by atoms with Crippen LogP contribution in [0.4, 0.5) is 0 Å². The number of carbonyl (C=O) groups is 1. The van der Waals surface area contributed by atoms with Gasteiger partial charge in [0.15, 0.2) is 0 Å². The fraction of sp³-hybridized carbons (Fsp3) is 0.667. The lowest BCUT2D eigenvalue weighted by atomic mass is 10.2. The number of aliphatic carboxylic acids is 1. The first-order chi connectivity index (χ1) is 5.27. The van der Waals surface area contributed by atoms with Gasteiger partial charge in [-0.1, -0.05) is 19.1 Å². The van der Waals surface area contributed by atoms with Crippen molar-refractivity contribution in [2.75, 3.05) is 0 Å². The van der Waals surface area contributed by atoms with Gasteiger partial charge in [0.05, 0.1) is 0 Å². The van der Waals surface area contributed by atoms with Crippen molar-refractivity contribution in [1.82, 2.24) is 0 Å². The second kappa shape index (κ2) is 7.32. The normalized spacial score (nSPS) is 10.6. The van der Waals surface area contributed by atoms with E-state index in [0.717, 1.165) is 25.7 Å². The maximum atomic E-state index is 10.1. The van der Waals surface area contributed by atoms with E-state index < -0.39 is 5.97 Å². The number of rotatable bonds is 6. The maximum absolute atomic E-state index is 10.1. The Bertz CT molecular complexity index is 128. The molecule has 0 rings (SSSR count). The van der Waals surface area contributed by atoms with E-state index in [1.54, 1.807) is 0 Å². The summed E-state index contributed by atoms with van der Waals surface area (Å²) in [5, 5.41) is 8.30. The Kier molecular flexibility index (Phi) is 6.79. The van der Waals surface area contributed by atoms with Gasteiger partial charge in [-0.25, -0.2) is 0 Å². The highest BCUT2D eigenvalue weighted by Crippen LogP contribution is 2.00. The first-order valence-corrected chi connectivity index (χ1v) is 4.14. The molecule has 0 spiro atoms. The molecule has 0 aliphatic rings. The molecule has 2 heteroatoms. The molecule has 0 bridgehead atoms. The van der Waals surface area contributed by atoms with Crippen molar-refractivity contribution >= 4 is 5.97 Å². The molecule has 0 saturated heterocycles. The Hall–Kier alpha value is -0.790. The molecular formula is C9H16O2. The van der Waals surface area contributed by atoms with Crippen molar-refractivity contribution in [1.29, 1.82) is 0 Å². The molecule has 0 saturated carbocycles. The van der Waals surface area contributed by atoms with Crippen molar-refractivity contribution < 1.29 is 9.90 Å². The summed E-state index contributed by atoms with van der Waals surface area (Å²) >= 11 is 0. The van der Waals surface area contributed by atoms with Crippen molar-refractivity contribution in [3.05, 3.63) is 12.2 Å². The van der Waals surface area contributed by atoms with Crippen LogP contribution in [0.15, 0.2) is 12.2 Å². The third kappa shape index (κ3) is 9.21. The van der Waals surface area contributed by atoms with E-state index in [9.17, 15) is 4.79 Å². The van der Waals surface area contributed by atoms with Gasteiger partial charge in [-0.15, -0.1) is 0 Å². The topological polar surface area (TPSA) is 37.3 Å². The Balaban J connectivity index is 3.02. The molecule has 0 heterocycles. The quantitative estimate of drug-likeness (QED) is 0.474. The highest BCUT2D eigenvalue weighted by Gasteiger charge is 1.93. The monoisotopic (exact) mass is 156 g/mol. The average molecular weight is 156 g/mol. The Morgan fingerprint density at radius 3 is 2.64 bits per heavy atom. The molecule has 0 aromatic rings. The summed E-state index contributed by atoms with van der Waals surface area (Å²) in [5.74, 6) is -0.690. The molecule has 0 amide bonds. The number of allylic oxidation sites excluding steroid dienone is 2. The first kappa shape index (κ1) is 10.2. The molecule has 64 valence electrons. The van der Waals surface area contributed by atoms with E-state index in [-0.39, 0.29) is 0 Å². The van der Waals surface area contributed by atoms with Crippen LogP contribution in [0, 0.1) is 0 Å². The van der Waals surface area contributed by atoms with E-state index in [2.05, 4.69) is 19.1 Å². The Morgan fingerprint density at radius 2 is 2.09 bits per heavy atom. The van der Waals surface area contributed by atoms with Gasteiger partial charge in [0.25, 0.3) is 0 Å². The van der Waals surface area contributed by atoms with Crippen LogP contribution in [0.25, 0.3) is 0 Å². The standard InChI is InChI=1S/C9H16O2/c1-2-3-4-5-6-7-8-9(10)11/h3-4H,2,5-8H2,1H3,(H,10,11). The van der Waals surface area contributed by atoms with Crippen molar-refractivity contribution in [2.45, 2.75) is 39.0 Å². The van der Waals surface area contributed by atoms with Crippen molar-refractivity contribution in [3.8, 4) is 0 Å². The molecule has 0 aliphatic carbocycles. The third-order valence-corrected chi connectivity index (χ3v) is 1.41. The van der Waals surface area contributed by atoms with Crippen LogP contribution in [0.5, 0.6) is 0 Å². The van der Waals surface area contributed by atoms with Gasteiger partial charge in [0.2, 0.25) is 0 Å². The van der Waals surface area contributed by atoms with Gasteiger partial charge in [0, 0.05) is 6.42 Å². The van der Waals surface area contributed by atoms with Crippen LogP contribution in [-0.2, 0) is 4.79 Å². The van der Waals surface area contributed by atoms with Gasteiger partial charge in [-0.2, -0.15) is 0 Å². The minimum atomic E-state index is -0.690. The predicted octanol–water partition coefficient (Wildman–Crippen LogP) is 2.60. The molecule has 0 aromatic carbocycles. The van der Waals surface area contributed by atoms with Crippen LogP contribution >= 0.6 is 0 Å². The summed E-state index contributed by atoms with van der Waals surface area (Å²) < 4.78 is 0. The largest absolute Gasteiger partial charge is 0.481 e. The summed E-state index contributed by atoms with van der Waals surface area (Å²) in [6, 6.07) is 0. The zero-order valence-electron chi connectivity index (χ0n) is 7.05. The molecule has 0 aliphatic heterocycles. The third-order valence-electron chi connectivity index (χ3n) is 1.41. The molecule has 1 N–H and O–H groups in total. The van der Waals surface area contributed by atoms with Crippen LogP contribution in [0.3, 0.4) is 0 Å². The highest BCUT2D eigenvalue weighted by atomic mass is 16.4. The summed E-state index contributed by atoms with van der Waals surface area (Å²) in [5.41, 5.74) is 0. The van der Waals surface area contributed by atoms with Gasteiger partial charge >= 0.3 is 5.97 Å². The smallest absolute Gasteiger partial charge is 0.303 e. The van der Waals surface area contributed by atoms with Crippen LogP contribution in [-0.4, -0.2) is 11.1 Å². The first-order valence-electron chi connectivity index (χ1n) is 4.14. The van der Waals surface area contributed by atoms with E-state index in [1.807, 2.05) is 0 Å². The summed E-state index contributed by atoms with van der Waals surface area (Å²) in [6.07, 6.45) is 8.40. The van der Waals surface area contributed by atoms with Gasteiger partial charge in [-0.05, 0) is 25.7 Å². The second-order valence-corrected chi connectivity index (χ2v) is 2.52. The molecule has 0 unspecified atom stereocenters. The number of hydrogen-bond donors (Lipinski definition) is 1. The van der Waals surface area contributed by atoms with E-state index in [0.29, 0.717) is 6.42 Å². The second-order valence-electron chi connectivity index (χ2n) is 2.52. The maximum Gasteiger partial charge on any atom is 0.303 e. The molecule has 0 aromatic heterocycles. The Labute approximate surface area is 67.9 Å². The minimum Gasteiger partial charge on any atom is -0.481 e. The number of hydrogen-bond acceptors (Lipinski definition) is 1. The summed E-state index contributed by atoms with van der Waals surface area (Å²) in [4.78, 5) is 10.1. The highest BCUT2D eigenvalue weighted by molar-refractivity contribution is 5.66. The van der Waals surface area contributed by atoms with E-state index in [4.69, 9.17) is 5.11 Å². The van der Waals surface area contributed by atoms with Crippen LogP contribution in [0.1, 0.15) is 39.0 Å². The molecule has 0 radical (unpaired) electrons. The van der Waals surface area contributed by atoms with E-state index >= 15 is 0 Å². The number of carboxylic acids is 1. The fourth-order valence-electron chi connectivity index (χ4n) is 0.823. The lowest BCUT2D eigenvalue weighted by Gasteiger charge is -1.92. The SMILES string of the molecule is CCC=CCCCCC(=O)O. The van der Waals surface area contributed by atoms with E-state index in [1.165, 1.54) is 0 Å². The zero-order chi connectivity index (χ0) is 8.53. The molecule has 0 atom stereocenters. The predicted molar refractivity (Wildman–Crippen MR) is 45.5 cm³/mol. The summed E-state index contributed by atoms with van der Waals surface area (Å²) in [6.45, 7) is 2.09. The van der Waals surface area contributed by atoms with Crippen molar-refractivity contribution in [2.24, 2.45) is 0 Å². The van der Waals surface area contributed by atoms with Gasteiger partial charge in [-0.3, -0.25) is 4.79 Å². The molecular weight excluding hydrogens is 140 g/mol. The van der Waals surface area contributed by atoms with Gasteiger partial charge < -0.3 is 5.11 Å². The van der Waals surface area contributed by atoms with Crippen LogP contribution < -0.4 is 0 Å².